The van der Waals surface area contributed by atoms with E-state index in [0.29, 0.717) is 5.69 Å². The molecule has 3 nitrogen and oxygen atoms in total. The van der Waals surface area contributed by atoms with Crippen molar-refractivity contribution in [3.63, 3.8) is 0 Å². The van der Waals surface area contributed by atoms with E-state index >= 15 is 0 Å². The molecule has 0 atom stereocenters. The van der Waals surface area contributed by atoms with Gasteiger partial charge in [-0.25, -0.2) is 0 Å². The van der Waals surface area contributed by atoms with E-state index in [-0.39, 0.29) is 0 Å². The fraction of sp³-hybridized carbons (Fsp3) is 0.364. The van der Waals surface area contributed by atoms with Gasteiger partial charge in [0.1, 0.15) is 6.42 Å². The summed E-state index contributed by atoms with van der Waals surface area (Å²) in [6.45, 7) is 0.815. The molecule has 1 aromatic rings. The van der Waals surface area contributed by atoms with Crippen molar-refractivity contribution in [1.82, 2.24) is 0 Å². The van der Waals surface area contributed by atoms with Crippen LogP contribution in [0, 0.1) is 0 Å². The molecule has 0 saturated carbocycles. The molecule has 0 radical (unpaired) electrons. The first kappa shape index (κ1) is 11.8. The zero-order valence-corrected chi connectivity index (χ0v) is 8.90. The third-order valence-corrected chi connectivity index (χ3v) is 2.46. The first-order valence-electron chi connectivity index (χ1n) is 5.17. The molecule has 1 heterocycles. The minimum absolute atomic E-state index is 0.404. The first-order chi connectivity index (χ1) is 7.94. The second-order valence-corrected chi connectivity index (χ2v) is 3.89. The number of fused-ring (bicyclic) bond motifs is 1. The molecule has 0 bridgehead atoms. The van der Waals surface area contributed by atoms with E-state index in [1.165, 1.54) is 0 Å². The number of halogens is 3. The van der Waals surface area contributed by atoms with Crippen LogP contribution in [0.4, 0.5) is 24.5 Å². The Hall–Kier alpha value is -1.72. The quantitative estimate of drug-likeness (QED) is 0.839. The van der Waals surface area contributed by atoms with E-state index < -0.39 is 18.5 Å². The molecular formula is C11H11F3N2O. The third kappa shape index (κ3) is 3.12. The second-order valence-electron chi connectivity index (χ2n) is 3.89. The number of carbonyl (C=O) groups is 1. The molecular weight excluding hydrogens is 233 g/mol. The lowest BCUT2D eigenvalue weighted by Crippen LogP contribution is -2.21. The van der Waals surface area contributed by atoms with Crippen molar-refractivity contribution in [3.8, 4) is 0 Å². The Morgan fingerprint density at radius 2 is 2.18 bits per heavy atom. The summed E-state index contributed by atoms with van der Waals surface area (Å²) < 4.78 is 35.9. The highest BCUT2D eigenvalue weighted by molar-refractivity contribution is 5.91. The van der Waals surface area contributed by atoms with Crippen LogP contribution >= 0.6 is 0 Å². The molecule has 1 aliphatic heterocycles. The van der Waals surface area contributed by atoms with Crippen molar-refractivity contribution in [1.29, 1.82) is 0 Å². The topological polar surface area (TPSA) is 41.1 Å². The summed E-state index contributed by atoms with van der Waals surface area (Å²) in [5, 5.41) is 5.37. The van der Waals surface area contributed by atoms with Gasteiger partial charge in [0.15, 0.2) is 0 Å². The fourth-order valence-corrected chi connectivity index (χ4v) is 1.77. The lowest BCUT2D eigenvalue weighted by atomic mass is 10.1. The molecule has 0 aliphatic carbocycles. The van der Waals surface area contributed by atoms with Gasteiger partial charge < -0.3 is 10.6 Å². The molecule has 1 aromatic carbocycles. The first-order valence-corrected chi connectivity index (χ1v) is 5.17. The van der Waals surface area contributed by atoms with Crippen LogP contribution < -0.4 is 10.6 Å². The van der Waals surface area contributed by atoms with Crippen LogP contribution in [0.2, 0.25) is 0 Å². The van der Waals surface area contributed by atoms with Crippen molar-refractivity contribution in [2.75, 3.05) is 17.2 Å². The lowest BCUT2D eigenvalue weighted by molar-refractivity contribution is -0.150. The van der Waals surface area contributed by atoms with E-state index in [9.17, 15) is 18.0 Å². The summed E-state index contributed by atoms with van der Waals surface area (Å²) in [6, 6.07) is 5.04. The van der Waals surface area contributed by atoms with Crippen molar-refractivity contribution < 1.29 is 18.0 Å². The van der Waals surface area contributed by atoms with E-state index in [0.717, 1.165) is 24.2 Å². The van der Waals surface area contributed by atoms with Gasteiger partial charge in [-0.1, -0.05) is 0 Å². The van der Waals surface area contributed by atoms with Gasteiger partial charge >= 0.3 is 6.18 Å². The minimum atomic E-state index is -4.47. The standard InChI is InChI=1S/C11H11F3N2O/c12-11(13,14)6-10(17)16-8-1-2-9-7(5-8)3-4-15-9/h1-2,5,15H,3-4,6H2,(H,16,17). The Morgan fingerprint density at radius 3 is 2.88 bits per heavy atom. The molecule has 0 spiro atoms. The monoisotopic (exact) mass is 244 g/mol. The summed E-state index contributed by atoms with van der Waals surface area (Å²) >= 11 is 0. The predicted molar refractivity (Wildman–Crippen MR) is 57.9 cm³/mol. The average Bonchev–Trinajstić information content (AvgIpc) is 2.61. The van der Waals surface area contributed by atoms with Crippen molar-refractivity contribution in [2.24, 2.45) is 0 Å². The summed E-state index contributed by atoms with van der Waals surface area (Å²) in [5.74, 6) is -1.04. The maximum Gasteiger partial charge on any atom is 0.397 e. The number of alkyl halides is 3. The van der Waals surface area contributed by atoms with E-state index in [2.05, 4.69) is 10.6 Å². The van der Waals surface area contributed by atoms with Gasteiger partial charge in [0.25, 0.3) is 0 Å². The minimum Gasteiger partial charge on any atom is -0.384 e. The highest BCUT2D eigenvalue weighted by Crippen LogP contribution is 2.26. The SMILES string of the molecule is O=C(CC(F)(F)F)Nc1ccc2c(c1)CCN2. The van der Waals surface area contributed by atoms with Gasteiger partial charge in [-0.05, 0) is 30.2 Å². The van der Waals surface area contributed by atoms with Gasteiger partial charge in [0, 0.05) is 17.9 Å². The summed E-state index contributed by atoms with van der Waals surface area (Å²) in [4.78, 5) is 11.1. The van der Waals surface area contributed by atoms with Crippen LogP contribution in [0.25, 0.3) is 0 Å². The van der Waals surface area contributed by atoms with Crippen LogP contribution in [0.3, 0.4) is 0 Å². The van der Waals surface area contributed by atoms with Crippen LogP contribution in [0.5, 0.6) is 0 Å². The van der Waals surface area contributed by atoms with Crippen LogP contribution in [0.15, 0.2) is 18.2 Å². The molecule has 2 N–H and O–H groups in total. The molecule has 0 saturated heterocycles. The molecule has 17 heavy (non-hydrogen) atoms. The van der Waals surface area contributed by atoms with Gasteiger partial charge in [-0.3, -0.25) is 4.79 Å². The number of hydrogen-bond donors (Lipinski definition) is 2. The van der Waals surface area contributed by atoms with E-state index in [1.807, 2.05) is 0 Å². The zero-order valence-electron chi connectivity index (χ0n) is 8.90. The van der Waals surface area contributed by atoms with E-state index in [4.69, 9.17) is 0 Å². The Labute approximate surface area is 96.0 Å². The Balaban J connectivity index is 2.02. The normalized spacial score (nSPS) is 14.1. The average molecular weight is 244 g/mol. The maximum absolute atomic E-state index is 12.0. The van der Waals surface area contributed by atoms with Crippen LogP contribution in [0.1, 0.15) is 12.0 Å². The molecule has 1 aliphatic rings. The Bertz CT molecular complexity index is 443. The molecule has 92 valence electrons. The molecule has 6 heteroatoms. The Kier molecular flexibility index (Phi) is 2.95. The fourth-order valence-electron chi connectivity index (χ4n) is 1.77. The van der Waals surface area contributed by atoms with Gasteiger partial charge in [-0.2, -0.15) is 13.2 Å². The highest BCUT2D eigenvalue weighted by Gasteiger charge is 2.31. The van der Waals surface area contributed by atoms with Crippen LogP contribution in [-0.2, 0) is 11.2 Å². The number of rotatable bonds is 2. The van der Waals surface area contributed by atoms with Crippen molar-refractivity contribution in [3.05, 3.63) is 23.8 Å². The molecule has 0 fully saturated rings. The molecule has 2 rings (SSSR count). The molecule has 0 aromatic heterocycles. The van der Waals surface area contributed by atoms with Crippen LogP contribution in [-0.4, -0.2) is 18.6 Å². The van der Waals surface area contributed by atoms with Gasteiger partial charge in [0.05, 0.1) is 0 Å². The van der Waals surface area contributed by atoms with E-state index in [1.54, 1.807) is 18.2 Å². The third-order valence-electron chi connectivity index (χ3n) is 2.46. The largest absolute Gasteiger partial charge is 0.397 e. The number of carbonyl (C=O) groups excluding carboxylic acids is 1. The van der Waals surface area contributed by atoms with Crippen molar-refractivity contribution in [2.45, 2.75) is 19.0 Å². The zero-order chi connectivity index (χ0) is 12.5. The van der Waals surface area contributed by atoms with Gasteiger partial charge in [-0.15, -0.1) is 0 Å². The lowest BCUT2D eigenvalue weighted by Gasteiger charge is -2.09. The van der Waals surface area contributed by atoms with Crippen molar-refractivity contribution >= 4 is 17.3 Å². The summed E-state index contributed by atoms with van der Waals surface area (Å²) in [5.41, 5.74) is 2.38. The smallest absolute Gasteiger partial charge is 0.384 e. The Morgan fingerprint density at radius 1 is 1.41 bits per heavy atom. The number of hydrogen-bond acceptors (Lipinski definition) is 2. The number of anilines is 2. The number of benzene rings is 1. The molecule has 1 amide bonds. The summed E-state index contributed by atoms with van der Waals surface area (Å²) in [6.07, 6.45) is -5.11. The summed E-state index contributed by atoms with van der Waals surface area (Å²) in [7, 11) is 0. The maximum atomic E-state index is 12.0. The number of nitrogens with one attached hydrogen (secondary N) is 2. The highest BCUT2D eigenvalue weighted by atomic mass is 19.4. The number of amides is 1. The predicted octanol–water partition coefficient (Wildman–Crippen LogP) is 2.55. The van der Waals surface area contributed by atoms with Gasteiger partial charge in [0.2, 0.25) is 5.91 Å². The second kappa shape index (κ2) is 4.27. The molecule has 0 unspecified atom stereocenters.